The molecular formula is C74H143NO3. The average Bonchev–Trinajstić information content (AvgIpc) is 3.44. The Bertz CT molecular complexity index is 1190. The summed E-state index contributed by atoms with van der Waals surface area (Å²) in [5.74, 6) is -0.0647. The number of hydrogen-bond acceptors (Lipinski definition) is 3. The molecule has 0 fully saturated rings. The first-order valence-electron chi connectivity index (χ1n) is 36.2. The molecule has 1 amide bonds. The maximum atomic E-state index is 12.5. The lowest BCUT2D eigenvalue weighted by Crippen LogP contribution is -2.45. The van der Waals surface area contributed by atoms with Crippen LogP contribution in [0.4, 0.5) is 0 Å². The number of rotatable bonds is 68. The maximum Gasteiger partial charge on any atom is 0.220 e. The van der Waals surface area contributed by atoms with Crippen molar-refractivity contribution in [3.63, 3.8) is 0 Å². The lowest BCUT2D eigenvalue weighted by molar-refractivity contribution is -0.123. The number of nitrogens with one attached hydrogen (secondary N) is 1. The van der Waals surface area contributed by atoms with Gasteiger partial charge in [-0.15, -0.1) is 0 Å². The highest BCUT2D eigenvalue weighted by Crippen LogP contribution is 2.19. The zero-order valence-electron chi connectivity index (χ0n) is 53.5. The predicted molar refractivity (Wildman–Crippen MR) is 350 cm³/mol. The number of hydrogen-bond donors (Lipinski definition) is 3. The van der Waals surface area contributed by atoms with E-state index in [1.165, 1.54) is 360 Å². The van der Waals surface area contributed by atoms with Crippen molar-refractivity contribution in [2.24, 2.45) is 0 Å². The molecule has 0 rings (SSSR count). The van der Waals surface area contributed by atoms with E-state index in [0.29, 0.717) is 6.42 Å². The summed E-state index contributed by atoms with van der Waals surface area (Å²) in [6.45, 7) is 4.35. The predicted octanol–water partition coefficient (Wildman–Crippen LogP) is 24.7. The van der Waals surface area contributed by atoms with Crippen LogP contribution in [-0.2, 0) is 4.79 Å². The third-order valence-corrected chi connectivity index (χ3v) is 17.1. The molecule has 462 valence electrons. The number of allylic oxidation sites excluding steroid dienone is 5. The smallest absolute Gasteiger partial charge is 0.220 e. The Balaban J connectivity index is 3.41. The van der Waals surface area contributed by atoms with Crippen molar-refractivity contribution in [2.75, 3.05) is 6.61 Å². The molecule has 0 aromatic heterocycles. The second kappa shape index (κ2) is 69.9. The Morgan fingerprint density at radius 3 is 0.744 bits per heavy atom. The van der Waals surface area contributed by atoms with Crippen LogP contribution in [0.3, 0.4) is 0 Å². The number of unbranched alkanes of at least 4 members (excludes halogenated alkanes) is 57. The highest BCUT2D eigenvalue weighted by Gasteiger charge is 2.18. The SMILES string of the molecule is CCCCCCCCCC/C=C\CCCCCCCCCCCCCCCCCCCCCCCCCCCCCC(=O)NC(CO)C(O)/C=C/CC/C=C/CCCCCCCCCCCCCCCCCCCCCCC. The Morgan fingerprint density at radius 1 is 0.295 bits per heavy atom. The van der Waals surface area contributed by atoms with Crippen LogP contribution in [0.15, 0.2) is 36.5 Å². The van der Waals surface area contributed by atoms with Gasteiger partial charge in [0.1, 0.15) is 0 Å². The summed E-state index contributed by atoms with van der Waals surface area (Å²) >= 11 is 0. The van der Waals surface area contributed by atoms with Crippen LogP contribution in [-0.4, -0.2) is 34.9 Å². The van der Waals surface area contributed by atoms with Crippen molar-refractivity contribution < 1.29 is 15.0 Å². The standard InChI is InChI=1S/C74H143NO3/c1-3-5-7-9-11-13-15-17-19-21-23-25-27-29-31-32-33-34-35-36-37-38-39-40-41-42-44-46-48-50-52-54-56-58-60-62-64-66-68-70-74(78)75-72(71-76)73(77)69-67-65-63-61-59-57-55-53-51-49-47-45-43-30-28-26-24-22-20-18-16-14-12-10-8-6-4-2/h21,23,59,61,67,69,72-73,76-77H,3-20,22,24-58,60,62-66,68,70-71H2,1-2H3,(H,75,78)/b23-21-,61-59+,69-67+. The largest absolute Gasteiger partial charge is 0.394 e. The zero-order chi connectivity index (χ0) is 56.2. The van der Waals surface area contributed by atoms with Crippen molar-refractivity contribution in [2.45, 2.75) is 424 Å². The fourth-order valence-corrected chi connectivity index (χ4v) is 11.6. The molecule has 0 spiro atoms. The normalized spacial score (nSPS) is 12.8. The Labute approximate surface area is 491 Å². The summed E-state index contributed by atoms with van der Waals surface area (Å²) in [5.41, 5.74) is 0. The molecule has 4 nitrogen and oxygen atoms in total. The molecule has 78 heavy (non-hydrogen) atoms. The van der Waals surface area contributed by atoms with E-state index in [1.807, 2.05) is 6.08 Å². The third-order valence-electron chi connectivity index (χ3n) is 17.1. The second-order valence-corrected chi connectivity index (χ2v) is 25.0. The maximum absolute atomic E-state index is 12.5. The van der Waals surface area contributed by atoms with Crippen LogP contribution >= 0.6 is 0 Å². The van der Waals surface area contributed by atoms with E-state index in [4.69, 9.17) is 0 Å². The Kier molecular flexibility index (Phi) is 68.6. The molecule has 3 N–H and O–H groups in total. The Morgan fingerprint density at radius 2 is 0.500 bits per heavy atom. The van der Waals surface area contributed by atoms with E-state index < -0.39 is 12.1 Å². The van der Waals surface area contributed by atoms with E-state index in [-0.39, 0.29) is 12.5 Å². The molecule has 0 aliphatic carbocycles. The highest BCUT2D eigenvalue weighted by molar-refractivity contribution is 5.76. The number of carbonyl (C=O) groups is 1. The first-order chi connectivity index (χ1) is 38.7. The van der Waals surface area contributed by atoms with Crippen molar-refractivity contribution in [3.8, 4) is 0 Å². The number of amides is 1. The molecule has 0 saturated carbocycles. The molecular weight excluding hydrogens is 951 g/mol. The molecule has 4 heteroatoms. The summed E-state index contributed by atoms with van der Waals surface area (Å²) in [5, 5.41) is 23.3. The van der Waals surface area contributed by atoms with Crippen molar-refractivity contribution in [3.05, 3.63) is 36.5 Å². The van der Waals surface area contributed by atoms with Gasteiger partial charge in [0.05, 0.1) is 18.8 Å². The van der Waals surface area contributed by atoms with Gasteiger partial charge in [0.2, 0.25) is 5.91 Å². The topological polar surface area (TPSA) is 69.6 Å². The van der Waals surface area contributed by atoms with Gasteiger partial charge in [0.15, 0.2) is 0 Å². The van der Waals surface area contributed by atoms with Gasteiger partial charge in [-0.25, -0.2) is 0 Å². The summed E-state index contributed by atoms with van der Waals surface area (Å²) in [4.78, 5) is 12.5. The summed E-state index contributed by atoms with van der Waals surface area (Å²) in [6, 6.07) is -0.639. The van der Waals surface area contributed by atoms with Gasteiger partial charge in [0.25, 0.3) is 0 Å². The van der Waals surface area contributed by atoms with Gasteiger partial charge in [-0.2, -0.15) is 0 Å². The minimum atomic E-state index is -0.862. The first-order valence-corrected chi connectivity index (χ1v) is 36.2. The van der Waals surface area contributed by atoms with Crippen LogP contribution in [0.1, 0.15) is 412 Å². The number of aliphatic hydroxyl groups is 2. The van der Waals surface area contributed by atoms with Crippen LogP contribution in [0.25, 0.3) is 0 Å². The third kappa shape index (κ3) is 65.4. The van der Waals surface area contributed by atoms with Gasteiger partial charge in [-0.3, -0.25) is 4.79 Å². The lowest BCUT2D eigenvalue weighted by Gasteiger charge is -2.19. The average molecular weight is 1090 g/mol. The fourth-order valence-electron chi connectivity index (χ4n) is 11.6. The van der Waals surface area contributed by atoms with Crippen LogP contribution in [0.5, 0.6) is 0 Å². The molecule has 0 radical (unpaired) electrons. The lowest BCUT2D eigenvalue weighted by atomic mass is 10.0. The second-order valence-electron chi connectivity index (χ2n) is 25.0. The molecule has 2 unspecified atom stereocenters. The van der Waals surface area contributed by atoms with E-state index in [0.717, 1.165) is 32.1 Å². The number of aliphatic hydroxyl groups excluding tert-OH is 2. The summed E-state index contributed by atoms with van der Waals surface area (Å²) < 4.78 is 0. The summed E-state index contributed by atoms with van der Waals surface area (Å²) in [6.07, 6.45) is 96.9. The van der Waals surface area contributed by atoms with Crippen molar-refractivity contribution in [1.29, 1.82) is 0 Å². The quantitative estimate of drug-likeness (QED) is 0.0420. The monoisotopic (exact) mass is 1090 g/mol. The van der Waals surface area contributed by atoms with E-state index in [2.05, 4.69) is 43.5 Å². The van der Waals surface area contributed by atoms with Crippen molar-refractivity contribution >= 4 is 5.91 Å². The van der Waals surface area contributed by atoms with Crippen LogP contribution < -0.4 is 5.32 Å². The van der Waals surface area contributed by atoms with Crippen LogP contribution in [0, 0.1) is 0 Å². The fraction of sp³-hybridized carbons (Fsp3) is 0.905. The van der Waals surface area contributed by atoms with E-state index in [1.54, 1.807) is 6.08 Å². The minimum absolute atomic E-state index is 0.0647. The molecule has 0 aromatic rings. The molecule has 0 aliphatic rings. The molecule has 0 heterocycles. The first kappa shape index (κ1) is 76.6. The Hall–Kier alpha value is -1.39. The molecule has 0 aromatic carbocycles. The molecule has 0 aliphatic heterocycles. The van der Waals surface area contributed by atoms with Gasteiger partial charge >= 0.3 is 0 Å². The molecule has 0 saturated heterocycles. The highest BCUT2D eigenvalue weighted by atomic mass is 16.3. The van der Waals surface area contributed by atoms with Gasteiger partial charge in [0, 0.05) is 6.42 Å². The zero-order valence-corrected chi connectivity index (χ0v) is 53.5. The minimum Gasteiger partial charge on any atom is -0.394 e. The number of carbonyl (C=O) groups excluding carboxylic acids is 1. The van der Waals surface area contributed by atoms with Gasteiger partial charge in [-0.05, 0) is 57.8 Å². The van der Waals surface area contributed by atoms with Crippen molar-refractivity contribution in [1.82, 2.24) is 5.32 Å². The van der Waals surface area contributed by atoms with Gasteiger partial charge in [-0.1, -0.05) is 384 Å². The summed E-state index contributed by atoms with van der Waals surface area (Å²) in [7, 11) is 0. The molecule has 2 atom stereocenters. The van der Waals surface area contributed by atoms with Crippen LogP contribution in [0.2, 0.25) is 0 Å². The van der Waals surface area contributed by atoms with E-state index >= 15 is 0 Å². The molecule has 0 bridgehead atoms. The van der Waals surface area contributed by atoms with E-state index in [9.17, 15) is 15.0 Å². The van der Waals surface area contributed by atoms with Gasteiger partial charge < -0.3 is 15.5 Å².